The molecule has 7 nitrogen and oxygen atoms in total. The molecule has 2 rings (SSSR count). The van der Waals surface area contributed by atoms with Crippen LogP contribution in [0.1, 0.15) is 43.1 Å². The minimum atomic E-state index is -0.508. The highest BCUT2D eigenvalue weighted by molar-refractivity contribution is 5.99. The lowest BCUT2D eigenvalue weighted by molar-refractivity contribution is -0.119. The second-order valence-corrected chi connectivity index (χ2v) is 5.10. The molecular weight excluding hydrogens is 258 g/mol. The van der Waals surface area contributed by atoms with Crippen molar-refractivity contribution in [3.05, 3.63) is 11.9 Å². The second kappa shape index (κ2) is 5.94. The summed E-state index contributed by atoms with van der Waals surface area (Å²) in [5.41, 5.74) is 11.8. The van der Waals surface area contributed by atoms with Gasteiger partial charge in [-0.3, -0.25) is 14.3 Å². The standard InChI is InChI=1S/C13H21N5O2/c1-2-18-12(10(14)7-16-18)13(20)17(8-11(15)19)9-5-3-4-6-9/h7,9H,2-6,8,14H2,1H3,(H2,15,19). The van der Waals surface area contributed by atoms with E-state index in [4.69, 9.17) is 11.5 Å². The van der Waals surface area contributed by atoms with Crippen LogP contribution in [0.5, 0.6) is 0 Å². The number of hydrogen-bond acceptors (Lipinski definition) is 4. The summed E-state index contributed by atoms with van der Waals surface area (Å²) in [6.07, 6.45) is 5.40. The van der Waals surface area contributed by atoms with Gasteiger partial charge in [-0.1, -0.05) is 12.8 Å². The molecule has 0 atom stereocenters. The minimum absolute atomic E-state index is 0.0645. The number of rotatable bonds is 5. The Balaban J connectivity index is 2.29. The quantitative estimate of drug-likeness (QED) is 0.811. The third-order valence-electron chi connectivity index (χ3n) is 3.72. The van der Waals surface area contributed by atoms with E-state index in [1.807, 2.05) is 6.92 Å². The van der Waals surface area contributed by atoms with Crippen LogP contribution in [0, 0.1) is 0 Å². The van der Waals surface area contributed by atoms with E-state index >= 15 is 0 Å². The van der Waals surface area contributed by atoms with Crippen LogP contribution < -0.4 is 11.5 Å². The topological polar surface area (TPSA) is 107 Å². The highest BCUT2D eigenvalue weighted by Crippen LogP contribution is 2.26. The van der Waals surface area contributed by atoms with Crippen LogP contribution in [0.25, 0.3) is 0 Å². The molecule has 20 heavy (non-hydrogen) atoms. The van der Waals surface area contributed by atoms with Gasteiger partial charge < -0.3 is 16.4 Å². The molecule has 0 aliphatic heterocycles. The molecule has 2 amide bonds. The van der Waals surface area contributed by atoms with Gasteiger partial charge in [-0.2, -0.15) is 5.10 Å². The first-order valence-corrected chi connectivity index (χ1v) is 6.95. The number of carbonyl (C=O) groups is 2. The van der Waals surface area contributed by atoms with Gasteiger partial charge in [0.05, 0.1) is 18.4 Å². The van der Waals surface area contributed by atoms with Crippen molar-refractivity contribution in [3.63, 3.8) is 0 Å². The Morgan fingerprint density at radius 3 is 2.65 bits per heavy atom. The maximum Gasteiger partial charge on any atom is 0.274 e. The zero-order valence-corrected chi connectivity index (χ0v) is 11.7. The van der Waals surface area contributed by atoms with E-state index in [1.165, 1.54) is 6.20 Å². The fourth-order valence-electron chi connectivity index (χ4n) is 2.76. The van der Waals surface area contributed by atoms with Crippen molar-refractivity contribution >= 4 is 17.5 Å². The summed E-state index contributed by atoms with van der Waals surface area (Å²) in [5, 5.41) is 4.07. The van der Waals surface area contributed by atoms with Crippen LogP contribution in [0.2, 0.25) is 0 Å². The largest absolute Gasteiger partial charge is 0.396 e. The van der Waals surface area contributed by atoms with Gasteiger partial charge in [-0.25, -0.2) is 0 Å². The maximum absolute atomic E-state index is 12.7. The summed E-state index contributed by atoms with van der Waals surface area (Å²) in [6.45, 7) is 2.36. The van der Waals surface area contributed by atoms with Gasteiger partial charge in [0.25, 0.3) is 5.91 Å². The molecule has 1 aromatic heterocycles. The molecule has 7 heteroatoms. The van der Waals surface area contributed by atoms with Crippen LogP contribution in [-0.4, -0.2) is 39.1 Å². The van der Waals surface area contributed by atoms with Gasteiger partial charge in [0.1, 0.15) is 5.69 Å². The van der Waals surface area contributed by atoms with Crippen molar-refractivity contribution in [2.45, 2.75) is 45.2 Å². The van der Waals surface area contributed by atoms with Gasteiger partial charge in [0.2, 0.25) is 5.91 Å². The van der Waals surface area contributed by atoms with Crippen molar-refractivity contribution in [1.29, 1.82) is 0 Å². The summed E-state index contributed by atoms with van der Waals surface area (Å²) in [7, 11) is 0. The van der Waals surface area contributed by atoms with Crippen LogP contribution in [0.3, 0.4) is 0 Å². The SMILES string of the molecule is CCn1ncc(N)c1C(=O)N(CC(N)=O)C1CCCC1. The zero-order chi connectivity index (χ0) is 14.7. The third kappa shape index (κ3) is 2.76. The lowest BCUT2D eigenvalue weighted by atomic mass is 10.2. The van der Waals surface area contributed by atoms with Crippen LogP contribution >= 0.6 is 0 Å². The van der Waals surface area contributed by atoms with E-state index < -0.39 is 5.91 Å². The number of nitrogens with two attached hydrogens (primary N) is 2. The molecule has 1 fully saturated rings. The van der Waals surface area contributed by atoms with Crippen LogP contribution in [-0.2, 0) is 11.3 Å². The summed E-state index contributed by atoms with van der Waals surface area (Å²) in [4.78, 5) is 25.5. The molecule has 4 N–H and O–H groups in total. The molecule has 1 aromatic rings. The highest BCUT2D eigenvalue weighted by Gasteiger charge is 2.31. The van der Waals surface area contributed by atoms with E-state index in [2.05, 4.69) is 5.10 Å². The van der Waals surface area contributed by atoms with Crippen molar-refractivity contribution in [2.75, 3.05) is 12.3 Å². The van der Waals surface area contributed by atoms with E-state index in [0.717, 1.165) is 25.7 Å². The Morgan fingerprint density at radius 2 is 2.10 bits per heavy atom. The molecule has 110 valence electrons. The van der Waals surface area contributed by atoms with Gasteiger partial charge in [-0.05, 0) is 19.8 Å². The number of aromatic nitrogens is 2. The van der Waals surface area contributed by atoms with Gasteiger partial charge in [0.15, 0.2) is 0 Å². The Labute approximate surface area is 117 Å². The monoisotopic (exact) mass is 279 g/mol. The fourth-order valence-corrected chi connectivity index (χ4v) is 2.76. The van der Waals surface area contributed by atoms with Crippen LogP contribution in [0.15, 0.2) is 6.20 Å². The predicted molar refractivity (Wildman–Crippen MR) is 74.8 cm³/mol. The molecule has 1 saturated carbocycles. The molecule has 0 spiro atoms. The number of primary amides is 1. The van der Waals surface area contributed by atoms with Crippen molar-refractivity contribution < 1.29 is 9.59 Å². The molecule has 1 heterocycles. The Hall–Kier alpha value is -2.05. The zero-order valence-electron chi connectivity index (χ0n) is 11.7. The lowest BCUT2D eigenvalue weighted by Crippen LogP contribution is -2.45. The molecule has 0 unspecified atom stereocenters. The number of hydrogen-bond donors (Lipinski definition) is 2. The molecule has 1 aliphatic carbocycles. The Morgan fingerprint density at radius 1 is 1.45 bits per heavy atom. The number of nitrogen functional groups attached to an aromatic ring is 1. The van der Waals surface area contributed by atoms with E-state index in [9.17, 15) is 9.59 Å². The first kappa shape index (κ1) is 14.4. The number of aryl methyl sites for hydroxylation is 1. The minimum Gasteiger partial charge on any atom is -0.396 e. The smallest absolute Gasteiger partial charge is 0.274 e. The van der Waals surface area contributed by atoms with Gasteiger partial charge in [-0.15, -0.1) is 0 Å². The van der Waals surface area contributed by atoms with Gasteiger partial charge in [0, 0.05) is 12.6 Å². The lowest BCUT2D eigenvalue weighted by Gasteiger charge is -2.28. The van der Waals surface area contributed by atoms with Crippen molar-refractivity contribution in [2.24, 2.45) is 5.73 Å². The number of carbonyl (C=O) groups excluding carboxylic acids is 2. The number of amides is 2. The van der Waals surface area contributed by atoms with Crippen LogP contribution in [0.4, 0.5) is 5.69 Å². The summed E-state index contributed by atoms with van der Waals surface area (Å²) < 4.78 is 1.56. The second-order valence-electron chi connectivity index (χ2n) is 5.10. The van der Waals surface area contributed by atoms with Crippen molar-refractivity contribution in [3.8, 4) is 0 Å². The van der Waals surface area contributed by atoms with E-state index in [-0.39, 0.29) is 18.5 Å². The first-order chi connectivity index (χ1) is 9.54. The molecule has 1 aliphatic rings. The van der Waals surface area contributed by atoms with E-state index in [1.54, 1.807) is 9.58 Å². The Kier molecular flexibility index (Phi) is 4.26. The molecule has 0 bridgehead atoms. The van der Waals surface area contributed by atoms with Crippen molar-refractivity contribution in [1.82, 2.24) is 14.7 Å². The van der Waals surface area contributed by atoms with E-state index in [0.29, 0.717) is 17.9 Å². The predicted octanol–water partition coefficient (Wildman–Crippen LogP) is 0.355. The highest BCUT2D eigenvalue weighted by atomic mass is 16.2. The summed E-state index contributed by atoms with van der Waals surface area (Å²) in [5.74, 6) is -0.765. The first-order valence-electron chi connectivity index (χ1n) is 6.95. The maximum atomic E-state index is 12.7. The summed E-state index contributed by atoms with van der Waals surface area (Å²) in [6, 6.07) is 0.0645. The molecule has 0 aromatic carbocycles. The fraction of sp³-hybridized carbons (Fsp3) is 0.615. The normalized spacial score (nSPS) is 15.4. The number of anilines is 1. The summed E-state index contributed by atoms with van der Waals surface area (Å²) >= 11 is 0. The average molecular weight is 279 g/mol. The molecule has 0 saturated heterocycles. The number of nitrogens with zero attached hydrogens (tertiary/aromatic N) is 3. The molecule has 0 radical (unpaired) electrons. The third-order valence-corrected chi connectivity index (χ3v) is 3.72. The Bertz CT molecular complexity index is 505. The van der Waals surface area contributed by atoms with Gasteiger partial charge >= 0.3 is 0 Å². The molecular formula is C13H21N5O2. The average Bonchev–Trinajstić information content (AvgIpc) is 3.04.